The van der Waals surface area contributed by atoms with Crippen molar-refractivity contribution in [3.63, 3.8) is 0 Å². The van der Waals surface area contributed by atoms with Gasteiger partial charge < -0.3 is 5.32 Å². The lowest BCUT2D eigenvalue weighted by atomic mass is 9.82. The topological polar surface area (TPSA) is 42.2 Å². The summed E-state index contributed by atoms with van der Waals surface area (Å²) in [6.07, 6.45) is 3.11. The summed E-state index contributed by atoms with van der Waals surface area (Å²) in [5.74, 6) is 1.01. The Kier molecular flexibility index (Phi) is 4.55. The molecule has 0 unspecified atom stereocenters. The number of hydrogen-bond acceptors (Lipinski definition) is 3. The van der Waals surface area contributed by atoms with Crippen LogP contribution >= 0.6 is 0 Å². The summed E-state index contributed by atoms with van der Waals surface area (Å²) in [7, 11) is 0. The molecule has 1 N–H and O–H groups in total. The van der Waals surface area contributed by atoms with E-state index in [0.717, 1.165) is 40.5 Å². The highest BCUT2D eigenvalue weighted by Crippen LogP contribution is 2.34. The lowest BCUT2D eigenvalue weighted by Crippen LogP contribution is -2.36. The van der Waals surface area contributed by atoms with Crippen LogP contribution in [0.1, 0.15) is 52.3 Å². The van der Waals surface area contributed by atoms with Gasteiger partial charge in [0, 0.05) is 17.4 Å². The molecule has 3 rings (SSSR count). The third-order valence-electron chi connectivity index (χ3n) is 4.41. The summed E-state index contributed by atoms with van der Waals surface area (Å²) in [5, 5.41) is 3.77. The Hall–Kier alpha value is -2.36. The normalized spacial score (nSPS) is 12.6. The minimum atomic E-state index is -0.0729. The number of nitrogens with one attached hydrogen (secondary N) is 1. The van der Waals surface area contributed by atoms with Crippen LogP contribution in [-0.2, 0) is 0 Å². The zero-order chi connectivity index (χ0) is 19.1. The molecule has 0 saturated heterocycles. The maximum absolute atomic E-state index is 4.94. The molecule has 0 spiro atoms. The van der Waals surface area contributed by atoms with E-state index in [2.05, 4.69) is 69.6 Å². The van der Waals surface area contributed by atoms with Crippen LogP contribution < -0.4 is 5.32 Å². The van der Waals surface area contributed by atoms with Crippen LogP contribution in [0.25, 0.3) is 17.0 Å². The van der Waals surface area contributed by atoms with Gasteiger partial charge in [-0.1, -0.05) is 32.9 Å². The van der Waals surface area contributed by atoms with E-state index < -0.39 is 0 Å². The molecule has 0 saturated carbocycles. The summed E-state index contributed by atoms with van der Waals surface area (Å²) in [6.45, 7) is 15.4. The van der Waals surface area contributed by atoms with Gasteiger partial charge in [0.25, 0.3) is 0 Å². The number of imidazole rings is 1. The van der Waals surface area contributed by atoms with Crippen molar-refractivity contribution in [2.75, 3.05) is 5.32 Å². The van der Waals surface area contributed by atoms with Crippen LogP contribution in [0.2, 0.25) is 0 Å². The summed E-state index contributed by atoms with van der Waals surface area (Å²) >= 11 is 0. The van der Waals surface area contributed by atoms with Crippen molar-refractivity contribution >= 4 is 11.5 Å². The minimum absolute atomic E-state index is 0.0729. The SMILES string of the molecule is Cc1cccc(-c2nc3c(C)cccn3c2NC(C)(C)CC(C)(C)C)n1. The Morgan fingerprint density at radius 2 is 1.69 bits per heavy atom. The van der Waals surface area contributed by atoms with Crippen molar-refractivity contribution in [3.8, 4) is 11.4 Å². The van der Waals surface area contributed by atoms with E-state index in [1.54, 1.807) is 0 Å². The third kappa shape index (κ3) is 3.90. The van der Waals surface area contributed by atoms with Gasteiger partial charge in [-0.3, -0.25) is 9.38 Å². The second-order valence-corrected chi connectivity index (χ2v) is 9.10. The first-order valence-electron chi connectivity index (χ1n) is 9.26. The second-order valence-electron chi connectivity index (χ2n) is 9.10. The van der Waals surface area contributed by atoms with Gasteiger partial charge in [0.05, 0.1) is 5.69 Å². The molecule has 0 bridgehead atoms. The number of pyridine rings is 2. The van der Waals surface area contributed by atoms with E-state index >= 15 is 0 Å². The number of anilines is 1. The molecule has 0 aromatic carbocycles. The number of aromatic nitrogens is 3. The molecule has 0 aliphatic heterocycles. The number of rotatable bonds is 4. The fourth-order valence-electron chi connectivity index (χ4n) is 3.87. The Labute approximate surface area is 156 Å². The Balaban J connectivity index is 2.16. The Bertz CT molecular complexity index is 929. The standard InChI is InChI=1S/C22H30N4/c1-15-10-9-13-26-19(15)24-18(17-12-8-11-16(2)23-17)20(26)25-22(6,7)14-21(3,4)5/h8-13,25H,14H2,1-7H3. The highest BCUT2D eigenvalue weighted by atomic mass is 15.2. The Morgan fingerprint density at radius 3 is 2.35 bits per heavy atom. The monoisotopic (exact) mass is 350 g/mol. The molecule has 3 aromatic rings. The maximum atomic E-state index is 4.94. The van der Waals surface area contributed by atoms with Gasteiger partial charge in [-0.25, -0.2) is 4.98 Å². The number of fused-ring (bicyclic) bond motifs is 1. The summed E-state index contributed by atoms with van der Waals surface area (Å²) < 4.78 is 2.15. The number of nitrogens with zero attached hydrogens (tertiary/aromatic N) is 3. The number of aryl methyl sites for hydroxylation is 2. The second kappa shape index (κ2) is 6.42. The highest BCUT2D eigenvalue weighted by Gasteiger charge is 2.28. The lowest BCUT2D eigenvalue weighted by Gasteiger charge is -2.34. The summed E-state index contributed by atoms with van der Waals surface area (Å²) in [6, 6.07) is 10.3. The first kappa shape index (κ1) is 18.4. The molecule has 138 valence electrons. The molecular weight excluding hydrogens is 320 g/mol. The van der Waals surface area contributed by atoms with Gasteiger partial charge in [0.15, 0.2) is 0 Å². The predicted molar refractivity (Wildman–Crippen MR) is 110 cm³/mol. The molecule has 3 aromatic heterocycles. The fourth-order valence-corrected chi connectivity index (χ4v) is 3.87. The van der Waals surface area contributed by atoms with E-state index in [1.165, 1.54) is 0 Å². The fraction of sp³-hybridized carbons (Fsp3) is 0.455. The van der Waals surface area contributed by atoms with Gasteiger partial charge in [0.1, 0.15) is 17.2 Å². The highest BCUT2D eigenvalue weighted by molar-refractivity contribution is 5.76. The maximum Gasteiger partial charge on any atom is 0.142 e. The van der Waals surface area contributed by atoms with Crippen molar-refractivity contribution in [1.82, 2.24) is 14.4 Å². The van der Waals surface area contributed by atoms with Crippen molar-refractivity contribution in [2.45, 2.75) is 60.4 Å². The molecule has 0 radical (unpaired) electrons. The molecule has 26 heavy (non-hydrogen) atoms. The van der Waals surface area contributed by atoms with Gasteiger partial charge >= 0.3 is 0 Å². The molecule has 4 heteroatoms. The average Bonchev–Trinajstić information content (AvgIpc) is 2.84. The molecule has 4 nitrogen and oxygen atoms in total. The number of hydrogen-bond donors (Lipinski definition) is 1. The lowest BCUT2D eigenvalue weighted by molar-refractivity contribution is 0.302. The van der Waals surface area contributed by atoms with Crippen LogP contribution in [0.3, 0.4) is 0 Å². The minimum Gasteiger partial charge on any atom is -0.364 e. The van der Waals surface area contributed by atoms with Gasteiger partial charge in [-0.15, -0.1) is 0 Å². The van der Waals surface area contributed by atoms with Crippen molar-refractivity contribution in [1.29, 1.82) is 0 Å². The zero-order valence-corrected chi connectivity index (χ0v) is 17.0. The molecule has 0 aliphatic rings. The van der Waals surface area contributed by atoms with Crippen molar-refractivity contribution in [3.05, 3.63) is 47.8 Å². The molecule has 0 atom stereocenters. The average molecular weight is 351 g/mol. The van der Waals surface area contributed by atoms with Gasteiger partial charge in [0.2, 0.25) is 0 Å². The van der Waals surface area contributed by atoms with Crippen molar-refractivity contribution < 1.29 is 0 Å². The Morgan fingerprint density at radius 1 is 0.962 bits per heavy atom. The van der Waals surface area contributed by atoms with Crippen molar-refractivity contribution in [2.24, 2.45) is 5.41 Å². The van der Waals surface area contributed by atoms with E-state index in [-0.39, 0.29) is 11.0 Å². The molecule has 3 heterocycles. The van der Waals surface area contributed by atoms with Gasteiger partial charge in [-0.2, -0.15) is 0 Å². The smallest absolute Gasteiger partial charge is 0.142 e. The van der Waals surface area contributed by atoms with Crippen LogP contribution in [0.4, 0.5) is 5.82 Å². The third-order valence-corrected chi connectivity index (χ3v) is 4.41. The molecule has 0 aliphatic carbocycles. The van der Waals surface area contributed by atoms with Crippen LogP contribution in [0, 0.1) is 19.3 Å². The summed E-state index contributed by atoms with van der Waals surface area (Å²) in [5.41, 5.74) is 5.09. The van der Waals surface area contributed by atoms with Crippen LogP contribution in [0.5, 0.6) is 0 Å². The molecular formula is C22H30N4. The van der Waals surface area contributed by atoms with E-state index in [1.807, 2.05) is 25.1 Å². The summed E-state index contributed by atoms with van der Waals surface area (Å²) in [4.78, 5) is 9.66. The van der Waals surface area contributed by atoms with E-state index in [0.29, 0.717) is 0 Å². The first-order valence-corrected chi connectivity index (χ1v) is 9.26. The van der Waals surface area contributed by atoms with Crippen LogP contribution in [-0.4, -0.2) is 19.9 Å². The van der Waals surface area contributed by atoms with Gasteiger partial charge in [-0.05, 0) is 63.3 Å². The first-order chi connectivity index (χ1) is 12.1. The molecule has 0 amide bonds. The quantitative estimate of drug-likeness (QED) is 0.662. The zero-order valence-electron chi connectivity index (χ0n) is 17.0. The largest absolute Gasteiger partial charge is 0.364 e. The van der Waals surface area contributed by atoms with Crippen LogP contribution in [0.15, 0.2) is 36.5 Å². The predicted octanol–water partition coefficient (Wildman–Crippen LogP) is 5.64. The van der Waals surface area contributed by atoms with E-state index in [9.17, 15) is 0 Å². The molecule has 0 fully saturated rings. The van der Waals surface area contributed by atoms with E-state index in [4.69, 9.17) is 9.97 Å².